The third-order valence-corrected chi connectivity index (χ3v) is 6.29. The van der Waals surface area contributed by atoms with E-state index in [1.807, 2.05) is 53.9 Å². The fourth-order valence-electron chi connectivity index (χ4n) is 3.72. The Kier molecular flexibility index (Phi) is 5.75. The molecule has 0 saturated carbocycles. The molecule has 0 radical (unpaired) electrons. The van der Waals surface area contributed by atoms with Gasteiger partial charge in [-0.1, -0.05) is 30.3 Å². The van der Waals surface area contributed by atoms with Gasteiger partial charge in [0.2, 0.25) is 0 Å². The minimum absolute atomic E-state index is 0.367. The summed E-state index contributed by atoms with van der Waals surface area (Å²) in [5.41, 5.74) is 2.69. The van der Waals surface area contributed by atoms with Crippen LogP contribution >= 0.6 is 11.3 Å². The van der Waals surface area contributed by atoms with Crippen molar-refractivity contribution in [2.75, 3.05) is 30.3 Å². The number of aliphatic hydroxyl groups is 1. The van der Waals surface area contributed by atoms with Crippen LogP contribution in [0.5, 0.6) is 0 Å². The number of hydrogen-bond acceptors (Lipinski definition) is 8. The highest BCUT2D eigenvalue weighted by Crippen LogP contribution is 2.30. The molecular formula is C23H24N6OS. The Morgan fingerprint density at radius 1 is 1.16 bits per heavy atom. The van der Waals surface area contributed by atoms with Gasteiger partial charge < -0.3 is 21.1 Å². The second-order valence-electron chi connectivity index (χ2n) is 7.60. The van der Waals surface area contributed by atoms with Gasteiger partial charge in [0, 0.05) is 30.9 Å². The molecule has 1 fully saturated rings. The lowest BCUT2D eigenvalue weighted by molar-refractivity contribution is 0.191. The third kappa shape index (κ3) is 4.51. The summed E-state index contributed by atoms with van der Waals surface area (Å²) in [5, 5.41) is 22.6. The number of pyridine rings is 1. The van der Waals surface area contributed by atoms with Crippen molar-refractivity contribution in [2.24, 2.45) is 0 Å². The van der Waals surface area contributed by atoms with Gasteiger partial charge in [0.1, 0.15) is 11.6 Å². The van der Waals surface area contributed by atoms with E-state index < -0.39 is 6.10 Å². The van der Waals surface area contributed by atoms with Crippen LogP contribution in [0, 0.1) is 0 Å². The van der Waals surface area contributed by atoms with Gasteiger partial charge in [-0.3, -0.25) is 0 Å². The first kappa shape index (κ1) is 19.9. The van der Waals surface area contributed by atoms with Crippen molar-refractivity contribution >= 4 is 33.2 Å². The maximum atomic E-state index is 10.4. The molecule has 31 heavy (non-hydrogen) atoms. The van der Waals surface area contributed by atoms with Gasteiger partial charge in [0.15, 0.2) is 5.82 Å². The van der Waals surface area contributed by atoms with Crippen molar-refractivity contribution in [3.05, 3.63) is 65.7 Å². The zero-order valence-electron chi connectivity index (χ0n) is 17.0. The zero-order chi connectivity index (χ0) is 21.0. The van der Waals surface area contributed by atoms with Gasteiger partial charge in [-0.2, -0.15) is 0 Å². The number of nitrogens with zero attached hydrogens (tertiary/aromatic N) is 3. The summed E-state index contributed by atoms with van der Waals surface area (Å²) >= 11 is 1.65. The smallest absolute Gasteiger partial charge is 0.162 e. The largest absolute Gasteiger partial charge is 0.387 e. The normalized spacial score (nSPS) is 17.0. The van der Waals surface area contributed by atoms with Crippen LogP contribution in [0.15, 0.2) is 60.1 Å². The molecule has 1 saturated heterocycles. The Bertz CT molecular complexity index is 1160. The highest BCUT2D eigenvalue weighted by atomic mass is 32.1. The summed E-state index contributed by atoms with van der Waals surface area (Å²) in [6.07, 6.45) is 2.21. The fraction of sp³-hybridized carbons (Fsp3) is 0.261. The molecule has 4 N–H and O–H groups in total. The highest BCUT2D eigenvalue weighted by Gasteiger charge is 2.18. The zero-order valence-corrected chi connectivity index (χ0v) is 17.8. The summed E-state index contributed by atoms with van der Waals surface area (Å²) in [7, 11) is 0. The maximum absolute atomic E-state index is 10.4. The molecule has 0 aliphatic carbocycles. The van der Waals surface area contributed by atoms with E-state index in [4.69, 9.17) is 9.97 Å². The lowest BCUT2D eigenvalue weighted by atomic mass is 10.1. The Morgan fingerprint density at radius 2 is 2.06 bits per heavy atom. The predicted molar refractivity (Wildman–Crippen MR) is 125 cm³/mol. The topological polar surface area (TPSA) is 95.0 Å². The van der Waals surface area contributed by atoms with Crippen LogP contribution < -0.4 is 16.0 Å². The first-order valence-corrected chi connectivity index (χ1v) is 11.3. The second-order valence-corrected chi connectivity index (χ2v) is 8.52. The molecule has 1 aliphatic heterocycles. The molecule has 7 nitrogen and oxygen atoms in total. The molecule has 1 aromatic carbocycles. The van der Waals surface area contributed by atoms with Crippen LogP contribution in [0.25, 0.3) is 21.6 Å². The second kappa shape index (κ2) is 8.97. The van der Waals surface area contributed by atoms with E-state index in [9.17, 15) is 5.11 Å². The number of aliphatic hydroxyl groups excluding tert-OH is 1. The fourth-order valence-corrected chi connectivity index (χ4v) is 4.51. The van der Waals surface area contributed by atoms with Crippen molar-refractivity contribution < 1.29 is 5.11 Å². The molecular weight excluding hydrogens is 408 g/mol. The number of aromatic nitrogens is 3. The molecule has 5 rings (SSSR count). The first-order valence-electron chi connectivity index (χ1n) is 10.4. The standard InChI is InChI=1S/C23H24N6OS/c30-19(15-4-2-1-3-5-15)14-26-20-12-16(6-10-25-20)22-28-18-8-11-31-21(18)23(29-22)27-17-7-9-24-13-17/h1-6,8,10-12,17,19,24,30H,7,9,13-14H2,(H,25,26)(H,27,28,29)/t17?,19-/m0/s1. The van der Waals surface area contributed by atoms with Crippen molar-refractivity contribution in [3.8, 4) is 11.4 Å². The van der Waals surface area contributed by atoms with Crippen LogP contribution in [0.2, 0.25) is 0 Å². The Morgan fingerprint density at radius 3 is 2.90 bits per heavy atom. The number of rotatable bonds is 7. The number of benzene rings is 1. The van der Waals surface area contributed by atoms with Gasteiger partial charge in [-0.25, -0.2) is 15.0 Å². The SMILES string of the molecule is O[C@@H](CNc1cc(-c2nc(NC3CCNC3)c3sccc3n2)ccn1)c1ccccc1. The van der Waals surface area contributed by atoms with Crippen LogP contribution in [0.4, 0.5) is 11.6 Å². The molecule has 1 unspecified atom stereocenters. The first-order chi connectivity index (χ1) is 15.3. The number of nitrogens with one attached hydrogen (secondary N) is 3. The van der Waals surface area contributed by atoms with E-state index in [-0.39, 0.29) is 0 Å². The molecule has 2 atom stereocenters. The molecule has 1 aliphatic rings. The molecule has 0 bridgehead atoms. The van der Waals surface area contributed by atoms with Gasteiger partial charge in [0.05, 0.1) is 16.3 Å². The predicted octanol–water partition coefficient (Wildman–Crippen LogP) is 3.67. The summed E-state index contributed by atoms with van der Waals surface area (Å²) < 4.78 is 1.08. The lowest BCUT2D eigenvalue weighted by Gasteiger charge is -2.15. The van der Waals surface area contributed by atoms with Crippen LogP contribution in [0.3, 0.4) is 0 Å². The van der Waals surface area contributed by atoms with E-state index in [1.165, 1.54) is 0 Å². The number of anilines is 2. The average molecular weight is 433 g/mol. The molecule has 3 aromatic heterocycles. The van der Waals surface area contributed by atoms with Crippen LogP contribution in [-0.2, 0) is 0 Å². The summed E-state index contributed by atoms with van der Waals surface area (Å²) in [4.78, 5) is 14.0. The lowest BCUT2D eigenvalue weighted by Crippen LogP contribution is -2.22. The van der Waals surface area contributed by atoms with E-state index >= 15 is 0 Å². The van der Waals surface area contributed by atoms with E-state index in [0.717, 1.165) is 46.7 Å². The number of thiophene rings is 1. The minimum atomic E-state index is -0.610. The number of fused-ring (bicyclic) bond motifs is 1. The van der Waals surface area contributed by atoms with E-state index in [0.29, 0.717) is 24.2 Å². The third-order valence-electron chi connectivity index (χ3n) is 5.38. The van der Waals surface area contributed by atoms with Crippen molar-refractivity contribution in [1.29, 1.82) is 0 Å². The average Bonchev–Trinajstić information content (AvgIpc) is 3.50. The number of hydrogen-bond donors (Lipinski definition) is 4. The van der Waals surface area contributed by atoms with E-state index in [2.05, 4.69) is 20.9 Å². The molecule has 0 amide bonds. The highest BCUT2D eigenvalue weighted by molar-refractivity contribution is 7.17. The van der Waals surface area contributed by atoms with E-state index in [1.54, 1.807) is 17.5 Å². The maximum Gasteiger partial charge on any atom is 0.162 e. The molecule has 4 heterocycles. The van der Waals surface area contributed by atoms with Gasteiger partial charge >= 0.3 is 0 Å². The summed E-state index contributed by atoms with van der Waals surface area (Å²) in [6, 6.07) is 15.8. The molecule has 158 valence electrons. The molecule has 0 spiro atoms. The van der Waals surface area contributed by atoms with Gasteiger partial charge in [-0.15, -0.1) is 11.3 Å². The van der Waals surface area contributed by atoms with Crippen LogP contribution in [-0.4, -0.2) is 45.7 Å². The van der Waals surface area contributed by atoms with Crippen molar-refractivity contribution in [3.63, 3.8) is 0 Å². The monoisotopic (exact) mass is 432 g/mol. The Balaban J connectivity index is 1.37. The molecule has 4 aromatic rings. The summed E-state index contributed by atoms with van der Waals surface area (Å²) in [5.74, 6) is 2.22. The van der Waals surface area contributed by atoms with Gasteiger partial charge in [0.25, 0.3) is 0 Å². The minimum Gasteiger partial charge on any atom is -0.387 e. The quantitative estimate of drug-likeness (QED) is 0.354. The summed E-state index contributed by atoms with van der Waals surface area (Å²) in [6.45, 7) is 2.34. The van der Waals surface area contributed by atoms with Crippen molar-refractivity contribution in [1.82, 2.24) is 20.3 Å². The van der Waals surface area contributed by atoms with Crippen molar-refractivity contribution in [2.45, 2.75) is 18.6 Å². The van der Waals surface area contributed by atoms with Crippen LogP contribution in [0.1, 0.15) is 18.1 Å². The Labute approximate surface area is 184 Å². The van der Waals surface area contributed by atoms with Gasteiger partial charge in [-0.05, 0) is 42.1 Å². The Hall–Kier alpha value is -3.07. The molecule has 8 heteroatoms.